The average molecular weight is 2780 g/mol. The summed E-state index contributed by atoms with van der Waals surface area (Å²) in [6.45, 7) is 30.2. The van der Waals surface area contributed by atoms with Gasteiger partial charge in [-0.1, -0.05) is 447 Å². The summed E-state index contributed by atoms with van der Waals surface area (Å²) in [5, 5.41) is 7.76. The number of halogens is 12. The lowest BCUT2D eigenvalue weighted by Crippen LogP contribution is -2.36. The lowest BCUT2D eigenvalue weighted by Gasteiger charge is -2.28. The van der Waals surface area contributed by atoms with E-state index in [4.69, 9.17) is 20.9 Å². The Hall–Kier alpha value is -9.08. The molecule has 19 rings (SSSR count). The molecule has 0 bridgehead atoms. The van der Waals surface area contributed by atoms with Crippen LogP contribution in [0.25, 0.3) is 33.6 Å². The molecule has 1 saturated heterocycles. The number of methoxy groups -OCH3 is 1. The lowest BCUT2D eigenvalue weighted by atomic mass is 9.84. The summed E-state index contributed by atoms with van der Waals surface area (Å²) in [5.74, 6) is 3.07. The van der Waals surface area contributed by atoms with Gasteiger partial charge in [0.1, 0.15) is 5.75 Å². The molecule has 10 nitrogen and oxygen atoms in total. The largest absolute Gasteiger partial charge is 0.497 e. The predicted molar refractivity (Wildman–Crippen MR) is 689 cm³/mol. The van der Waals surface area contributed by atoms with Crippen molar-refractivity contribution in [3.05, 3.63) is 504 Å². The molecule has 0 spiro atoms. The Kier molecular flexibility index (Phi) is 64.7. The number of nitrogens with one attached hydrogen (secondary N) is 2. The van der Waals surface area contributed by atoms with Crippen LogP contribution >= 0.6 is 191 Å². The Labute approximate surface area is 994 Å². The Balaban J connectivity index is 0.000000248. The van der Waals surface area contributed by atoms with Gasteiger partial charge in [0, 0.05) is 113 Å². The van der Waals surface area contributed by atoms with Gasteiger partial charge in [0.25, 0.3) is 0 Å². The van der Waals surface area contributed by atoms with E-state index in [-0.39, 0.29) is 5.91 Å². The molecule has 2 fully saturated rings. The summed E-state index contributed by atoms with van der Waals surface area (Å²) < 4.78 is 26.0. The number of amides is 3. The molecule has 3 amide bonds. The molecule has 150 heavy (non-hydrogen) atoms. The number of hydrogen-bond acceptors (Lipinski definition) is 6. The van der Waals surface area contributed by atoms with Crippen LogP contribution in [-0.4, -0.2) is 49.9 Å². The number of nitrogens with zero attached hydrogens (tertiary/aromatic N) is 2. The van der Waals surface area contributed by atoms with Gasteiger partial charge in [-0.15, -0.1) is 0 Å². The first kappa shape index (κ1) is 130. The van der Waals surface area contributed by atoms with Gasteiger partial charge in [-0.2, -0.15) is 0 Å². The van der Waals surface area contributed by atoms with Crippen LogP contribution in [0.1, 0.15) is 154 Å². The molecule has 1 aliphatic heterocycles. The maximum absolute atomic E-state index is 10.6. The van der Waals surface area contributed by atoms with Crippen molar-refractivity contribution in [1.29, 1.82) is 0 Å². The fourth-order valence-corrected chi connectivity index (χ4v) is 17.6. The van der Waals surface area contributed by atoms with Gasteiger partial charge in [0.2, 0.25) is 5.91 Å². The molecule has 17 aromatic rings. The van der Waals surface area contributed by atoms with Gasteiger partial charge in [-0.3, -0.25) is 4.79 Å². The maximum Gasteiger partial charge on any atom is 0.316 e. The SMILES string of the molecule is Brc1ccc(-n2c3ccccc3c3ccccc32)cc1.Brc1ccc(C2CCCCC2)cc1.Brc1ccc(N2CCOCC2)cc1.C=Cc1ccc(Br)cc1.CC(=O)Nc1ccc(C)cc1.CC(C)Cc1ccc(Br)cc1.CC(C)c1ccc(Br)cc1.CCCc1ccc(Br)cc1.CCc1ccc(Br)cc1.COc1ccc(Br)cc1.Cc1ccc(Br)cc1.Cc1ccc(Br)cc1.Cc1ccc(NC(N)=O)cc1.Nc1ccccc1Br. The second-order valence-corrected chi connectivity index (χ2v) is 46.5. The van der Waals surface area contributed by atoms with Crippen LogP contribution < -0.4 is 31.7 Å². The van der Waals surface area contributed by atoms with Crippen LogP contribution in [0.3, 0.4) is 0 Å². The zero-order chi connectivity index (χ0) is 109. The van der Waals surface area contributed by atoms with Crippen LogP contribution in [0.15, 0.2) is 448 Å². The van der Waals surface area contributed by atoms with Gasteiger partial charge in [-0.25, -0.2) is 4.79 Å². The van der Waals surface area contributed by atoms with Gasteiger partial charge >= 0.3 is 6.03 Å². The normalized spacial score (nSPS) is 11.3. The van der Waals surface area contributed by atoms with Crippen molar-refractivity contribution < 1.29 is 19.1 Å². The average Bonchev–Trinajstić information content (AvgIpc) is 1.60. The maximum atomic E-state index is 10.6. The van der Waals surface area contributed by atoms with Crippen molar-refractivity contribution in [2.75, 3.05) is 54.7 Å². The number of para-hydroxylation sites is 3. The number of anilines is 4. The Morgan fingerprint density at radius 3 is 1.10 bits per heavy atom. The molecule has 2 aliphatic rings. The summed E-state index contributed by atoms with van der Waals surface area (Å²) in [5.41, 5.74) is 31.0. The highest BCUT2D eigenvalue weighted by Gasteiger charge is 2.16. The number of carbonyl (C=O) groups is 2. The van der Waals surface area contributed by atoms with E-state index in [1.807, 2.05) is 153 Å². The number of nitrogen functional groups attached to an aromatic ring is 1. The summed E-state index contributed by atoms with van der Waals surface area (Å²) in [6, 6.07) is 131. The zero-order valence-corrected chi connectivity index (χ0v) is 106. The van der Waals surface area contributed by atoms with Crippen LogP contribution in [0.2, 0.25) is 0 Å². The molecule has 0 unspecified atom stereocenters. The fraction of sp³-hybridized carbons (Fsp3) is 0.219. The molecule has 2 heterocycles. The summed E-state index contributed by atoms with van der Waals surface area (Å²) in [6.07, 6.45) is 13.6. The molecule has 0 radical (unpaired) electrons. The highest BCUT2D eigenvalue weighted by molar-refractivity contribution is 9.12. The summed E-state index contributed by atoms with van der Waals surface area (Å²) in [4.78, 5) is 23.3. The monoisotopic (exact) mass is 2770 g/mol. The number of nitrogens with two attached hydrogens (primary N) is 2. The molecule has 22 heteroatoms. The third-order valence-corrected chi connectivity index (χ3v) is 29.0. The molecular formula is C128H138Br12N6O4. The van der Waals surface area contributed by atoms with Crippen LogP contribution in [0.4, 0.5) is 27.5 Å². The molecule has 1 aromatic heterocycles. The molecular weight excluding hydrogens is 2640 g/mol. The quantitative estimate of drug-likeness (QED) is 0.0849. The van der Waals surface area contributed by atoms with Crippen LogP contribution in [0.5, 0.6) is 5.75 Å². The van der Waals surface area contributed by atoms with Crippen molar-refractivity contribution in [3.63, 3.8) is 0 Å². The highest BCUT2D eigenvalue weighted by atomic mass is 79.9. The number of fused-ring (bicyclic) bond motifs is 3. The molecule has 788 valence electrons. The van der Waals surface area contributed by atoms with E-state index in [9.17, 15) is 9.59 Å². The number of aromatic nitrogens is 1. The number of benzene rings is 16. The number of urea groups is 1. The summed E-state index contributed by atoms with van der Waals surface area (Å²) >= 11 is 40.6. The van der Waals surface area contributed by atoms with Crippen molar-refractivity contribution in [3.8, 4) is 11.4 Å². The van der Waals surface area contributed by atoms with E-state index in [1.54, 1.807) is 19.2 Å². The number of carbonyl (C=O) groups excluding carboxylic acids is 2. The molecule has 0 atom stereocenters. The molecule has 1 saturated carbocycles. The fourth-order valence-electron chi connectivity index (χ4n) is 14.4. The van der Waals surface area contributed by atoms with Crippen molar-refractivity contribution in [2.24, 2.45) is 11.7 Å². The third-order valence-electron chi connectivity index (χ3n) is 22.5. The molecule has 16 aromatic carbocycles. The van der Waals surface area contributed by atoms with E-state index in [2.05, 4.69) is 516 Å². The van der Waals surface area contributed by atoms with Crippen LogP contribution in [0, 0.1) is 33.6 Å². The second kappa shape index (κ2) is 74.9. The first-order valence-corrected chi connectivity index (χ1v) is 59.2. The third kappa shape index (κ3) is 55.1. The zero-order valence-electron chi connectivity index (χ0n) is 87.4. The van der Waals surface area contributed by atoms with E-state index in [0.29, 0.717) is 5.92 Å². The van der Waals surface area contributed by atoms with Crippen molar-refractivity contribution in [1.82, 2.24) is 4.57 Å². The second-order valence-electron chi connectivity index (χ2n) is 35.5. The first-order chi connectivity index (χ1) is 72.0. The number of aryl methyl sites for hydroxylation is 6. The van der Waals surface area contributed by atoms with Gasteiger partial charge < -0.3 is 41.0 Å². The number of primary amides is 1. The minimum atomic E-state index is -0.533. The summed E-state index contributed by atoms with van der Waals surface area (Å²) in [7, 11) is 1.66. The molecule has 6 N–H and O–H groups in total. The van der Waals surface area contributed by atoms with Gasteiger partial charge in [-0.05, 0) is 345 Å². The number of rotatable bonds is 13. The molecule has 1 aliphatic carbocycles. The highest BCUT2D eigenvalue weighted by Crippen LogP contribution is 2.35. The van der Waals surface area contributed by atoms with Crippen LogP contribution in [-0.2, 0) is 28.8 Å². The number of ether oxygens (including phenoxy) is 2. The first-order valence-electron chi connectivity index (χ1n) is 49.7. The van der Waals surface area contributed by atoms with Crippen molar-refractivity contribution in [2.45, 2.75) is 146 Å². The lowest BCUT2D eigenvalue weighted by molar-refractivity contribution is -0.114. The standard InChI is InChI=1S/C18H12BrN.C12H15Br.C10H12BrNO.C10H13Br.2C9H11Br.C9H11NO.C8H9Br.C8H7Br.C8H10N2O.C7H7BrO.2C7H7Br.C6H6BrN/c19-13-9-11-14(12-10-13)20-17-7-3-1-5-15(17)16-6-2-4-8-18(16)20;13-12-8-6-11(7-9-12)10-4-2-1-3-5-10;11-9-1-3-10(4-2-9)12-5-7-13-8-6-12;1-8(2)7-9-3-5-10(11)6-4-9;1-7(2)8-3-5-9(10)6-4-8;1-2-3-8-4-6-9(10)7-5-8;1-7-3-5-9(6-4-7)10-8(2)11;2*1-2-7-3-5-8(9)6-4-7;1-6-2-4-7(5-3-6)10-8(9)11;1-9-7-4-2-6(8)3-5-7;2*1-6-2-4-7(8)5-3-6;7-5-3-1-2-4-6(5)8/h1-12H;6-10H,1-5H2;1-4H,5-8H2;3-6,8H,7H2,1-2H3;3-7H,1-2H3;4-7H,2-3H2,1H3;3-6H,1-2H3,(H,10,11);3-6H,2H2,1H3;2-6H,1H2;2-5H,1H3,(H3,9,10,11);2-5H,1H3;2*2-5H,1H3;1-4H,8H2. The smallest absolute Gasteiger partial charge is 0.316 e. The Morgan fingerprint density at radius 2 is 0.747 bits per heavy atom. The van der Waals surface area contributed by atoms with Gasteiger partial charge in [0.15, 0.2) is 0 Å². The van der Waals surface area contributed by atoms with Gasteiger partial charge in [0.05, 0.1) is 31.4 Å². The van der Waals surface area contributed by atoms with E-state index >= 15 is 0 Å². The Bertz CT molecular complexity index is 6280. The van der Waals surface area contributed by atoms with E-state index < -0.39 is 6.03 Å². The topological polar surface area (TPSA) is 137 Å². The predicted octanol–water partition coefficient (Wildman–Crippen LogP) is 42.5. The Morgan fingerprint density at radius 1 is 0.407 bits per heavy atom. The number of hydrogen-bond donors (Lipinski definition) is 4. The minimum absolute atomic E-state index is 0.0335. The van der Waals surface area contributed by atoms with E-state index in [1.165, 1.54) is 140 Å². The van der Waals surface area contributed by atoms with Crippen molar-refractivity contribution >= 4 is 254 Å². The minimum Gasteiger partial charge on any atom is -0.497 e. The number of morpholine rings is 1. The van der Waals surface area contributed by atoms with E-state index in [0.717, 1.165) is 128 Å².